The van der Waals surface area contributed by atoms with Crippen molar-refractivity contribution in [1.29, 1.82) is 0 Å². The Bertz CT molecular complexity index is 968. The summed E-state index contributed by atoms with van der Waals surface area (Å²) < 4.78 is 55.7. The van der Waals surface area contributed by atoms with Gasteiger partial charge in [-0.05, 0) is 0 Å². The third kappa shape index (κ3) is 5.36. The summed E-state index contributed by atoms with van der Waals surface area (Å²) in [6, 6.07) is 0. The molecule has 3 heterocycles. The molecule has 15 nitrogen and oxygen atoms in total. The number of rotatable bonds is 4. The Kier molecular flexibility index (Phi) is 7.16. The Balaban J connectivity index is 0.000000279. The molecule has 0 radical (unpaired) electrons. The van der Waals surface area contributed by atoms with E-state index < -0.39 is 65.5 Å². The van der Waals surface area contributed by atoms with Crippen LogP contribution >= 0.6 is 0 Å². The normalized spacial score (nSPS) is 25.2. The van der Waals surface area contributed by atoms with Gasteiger partial charge in [0.05, 0.1) is 12.9 Å². The average molecular weight is 732 g/mol. The summed E-state index contributed by atoms with van der Waals surface area (Å²) in [7, 11) is 0. The summed E-state index contributed by atoms with van der Waals surface area (Å²) in [5, 5.41) is 28.7. The molecule has 0 saturated carbocycles. The number of imidazole rings is 1. The zero-order valence-electron chi connectivity index (χ0n) is 13.1. The van der Waals surface area contributed by atoms with Crippen LogP contribution in [0.5, 0.6) is 0 Å². The fraction of sp³-hybridized carbons (Fsp3) is 0.500. The fourth-order valence-corrected chi connectivity index (χ4v) is 6.87. The van der Waals surface area contributed by atoms with Gasteiger partial charge in [-0.15, -0.1) is 0 Å². The number of anilines is 1. The first kappa shape index (κ1) is 22.0. The van der Waals surface area contributed by atoms with E-state index in [1.54, 1.807) is 0 Å². The van der Waals surface area contributed by atoms with Gasteiger partial charge >= 0.3 is 53.8 Å². The van der Waals surface area contributed by atoms with Gasteiger partial charge in [0.2, 0.25) is 0 Å². The van der Waals surface area contributed by atoms with Crippen molar-refractivity contribution >= 4 is 17.0 Å². The molecule has 27 heavy (non-hydrogen) atoms. The van der Waals surface area contributed by atoms with Crippen molar-refractivity contribution in [2.24, 2.45) is 0 Å². The number of nitrogen functional groups attached to an aromatic ring is 1. The van der Waals surface area contributed by atoms with Crippen molar-refractivity contribution in [3.63, 3.8) is 0 Å². The van der Waals surface area contributed by atoms with Gasteiger partial charge in [-0.3, -0.25) is 4.57 Å². The van der Waals surface area contributed by atoms with Gasteiger partial charge in [0, 0.05) is 0 Å². The molecule has 17 heteroatoms. The minimum absolute atomic E-state index is 0.218. The Hall–Kier alpha value is -1.31. The Labute approximate surface area is 159 Å². The standard InChI is InChI=1S/C10H13N5O4.H2O.5O.2W/c11-8-5-9(13-2-12-8)15(3-14-5)10-7(18)6(17)4(1-16)19-10;;;;;;;;/h2-4,6-7,10,16-18H,1H2,(H2,11,12,13);1H2;;;;;;;/q;;;;;;;;+1/p-1/t4-,6-,7-,10-;;;;;;;;/m1......../s1. The molecule has 0 amide bonds. The van der Waals surface area contributed by atoms with Crippen molar-refractivity contribution < 1.29 is 73.8 Å². The van der Waals surface area contributed by atoms with Crippen LogP contribution in [0, 0.1) is 0 Å². The van der Waals surface area contributed by atoms with Gasteiger partial charge in [0.15, 0.2) is 17.7 Å². The number of hydrogen-bond acceptors (Lipinski definition) is 13. The summed E-state index contributed by atoms with van der Waals surface area (Å²) in [4.78, 5) is 11.9. The van der Waals surface area contributed by atoms with Crippen LogP contribution in [0.1, 0.15) is 6.23 Å². The van der Waals surface area contributed by atoms with Gasteiger partial charge in [-0.1, -0.05) is 0 Å². The minimum atomic E-state index is -5.88. The van der Waals surface area contributed by atoms with Crippen molar-refractivity contribution in [3.05, 3.63) is 12.7 Å². The molecule has 151 valence electrons. The number of aromatic nitrogens is 4. The number of ether oxygens (including phenoxy) is 1. The molecule has 6 N–H and O–H groups in total. The van der Waals surface area contributed by atoms with Gasteiger partial charge in [0.1, 0.15) is 30.2 Å². The summed E-state index contributed by atoms with van der Waals surface area (Å²) >= 11 is -10.4. The zero-order valence-corrected chi connectivity index (χ0v) is 19.0. The van der Waals surface area contributed by atoms with E-state index in [0.717, 1.165) is 0 Å². The van der Waals surface area contributed by atoms with Crippen LogP contribution in [0.2, 0.25) is 0 Å². The van der Waals surface area contributed by atoms with Crippen LogP contribution in [-0.2, 0) is 54.7 Å². The van der Waals surface area contributed by atoms with E-state index in [1.807, 2.05) is 0 Å². The second kappa shape index (κ2) is 8.79. The topological polar surface area (TPSA) is 237 Å². The molecule has 1 aliphatic heterocycles. The number of aliphatic hydroxyl groups excluding tert-OH is 3. The summed E-state index contributed by atoms with van der Waals surface area (Å²) in [5.41, 5.74) is 6.44. The second-order valence-electron chi connectivity index (χ2n) is 5.01. The number of nitrogens with two attached hydrogens (primary N) is 1. The molecule has 1 saturated heterocycles. The van der Waals surface area contributed by atoms with Crippen LogP contribution < -0.4 is 5.73 Å². The first-order valence-electron chi connectivity index (χ1n) is 6.87. The molecule has 0 spiro atoms. The summed E-state index contributed by atoms with van der Waals surface area (Å²) in [6.45, 7) is -0.390. The van der Waals surface area contributed by atoms with E-state index in [2.05, 4.69) is 17.0 Å². The molecule has 0 aliphatic carbocycles. The maximum atomic E-state index is 9.95. The number of aliphatic hydroxyl groups is 3. The van der Waals surface area contributed by atoms with Gasteiger partial charge in [-0.25, -0.2) is 15.0 Å². The second-order valence-corrected chi connectivity index (χ2v) is 14.0. The molecule has 4 atom stereocenters. The summed E-state index contributed by atoms with van der Waals surface area (Å²) in [5.74, 6) is 0.218. The molecule has 3 rings (SSSR count). The molecule has 0 aromatic carbocycles. The van der Waals surface area contributed by atoms with Crippen molar-refractivity contribution in [2.45, 2.75) is 24.5 Å². The van der Waals surface area contributed by atoms with E-state index in [1.165, 1.54) is 17.2 Å². The van der Waals surface area contributed by atoms with Gasteiger partial charge in [0.25, 0.3) is 0 Å². The monoisotopic (exact) mass is 732 g/mol. The van der Waals surface area contributed by atoms with E-state index in [4.69, 9.17) is 19.3 Å². The SMILES string of the molecule is Nc1ncnc2c1ncn2[C@@H]1O[C@H](CO)[C@@H](O)[C@H]1O.[O]=[W](=[O])[O][W](=[O])(=[O])[OH]. The molecular formula is C10H14N5O10W2. The van der Waals surface area contributed by atoms with E-state index in [9.17, 15) is 23.8 Å². The maximum absolute atomic E-state index is 9.95. The van der Waals surface area contributed by atoms with Gasteiger partial charge < -0.3 is 25.8 Å². The molecule has 2 aromatic rings. The van der Waals surface area contributed by atoms with E-state index in [-0.39, 0.29) is 5.82 Å². The summed E-state index contributed by atoms with van der Waals surface area (Å²) in [6.07, 6.45) is -1.42. The van der Waals surface area contributed by atoms with Crippen LogP contribution in [0.25, 0.3) is 11.2 Å². The Morgan fingerprint density at radius 2 is 1.93 bits per heavy atom. The van der Waals surface area contributed by atoms with Crippen LogP contribution in [0.15, 0.2) is 12.7 Å². The van der Waals surface area contributed by atoms with Crippen LogP contribution in [-0.4, -0.2) is 63.5 Å². The van der Waals surface area contributed by atoms with Gasteiger partial charge in [-0.2, -0.15) is 0 Å². The molecule has 0 bridgehead atoms. The molecule has 1 aliphatic rings. The molecule has 0 unspecified atom stereocenters. The van der Waals surface area contributed by atoms with E-state index in [0.29, 0.717) is 11.2 Å². The van der Waals surface area contributed by atoms with Crippen LogP contribution in [0.3, 0.4) is 0 Å². The third-order valence-corrected chi connectivity index (χ3v) is 12.7. The average Bonchev–Trinajstić information content (AvgIpc) is 3.09. The predicted octanol–water partition coefficient (Wildman–Crippen LogP) is -3.09. The molecule has 1 fully saturated rings. The molecular weight excluding hydrogens is 718 g/mol. The van der Waals surface area contributed by atoms with Crippen molar-refractivity contribution in [3.8, 4) is 0 Å². The number of nitrogens with zero attached hydrogens (tertiary/aromatic N) is 4. The third-order valence-electron chi connectivity index (χ3n) is 3.32. The zero-order chi connectivity index (χ0) is 20.4. The Morgan fingerprint density at radius 3 is 2.41 bits per heavy atom. The van der Waals surface area contributed by atoms with Crippen molar-refractivity contribution in [1.82, 2.24) is 19.5 Å². The predicted molar refractivity (Wildman–Crippen MR) is 68.8 cm³/mol. The Morgan fingerprint density at radius 1 is 1.26 bits per heavy atom. The fourth-order valence-electron chi connectivity index (χ4n) is 2.24. The number of fused-ring (bicyclic) bond motifs is 1. The van der Waals surface area contributed by atoms with Crippen LogP contribution in [0.4, 0.5) is 5.82 Å². The number of hydrogen-bond donors (Lipinski definition) is 5. The first-order valence-corrected chi connectivity index (χ1v) is 15.4. The first-order chi connectivity index (χ1) is 12.5. The van der Waals surface area contributed by atoms with E-state index >= 15 is 0 Å². The quantitative estimate of drug-likeness (QED) is 0.210. The molecule has 2 aromatic heterocycles. The van der Waals surface area contributed by atoms with Crippen molar-refractivity contribution in [2.75, 3.05) is 12.3 Å².